The number of aromatic nitrogens is 3. The summed E-state index contributed by atoms with van der Waals surface area (Å²) in [6.45, 7) is 0. The zero-order chi connectivity index (χ0) is 21.0. The van der Waals surface area contributed by atoms with E-state index in [4.69, 9.17) is 0 Å². The third-order valence-corrected chi connectivity index (χ3v) is 4.96. The zero-order valence-electron chi connectivity index (χ0n) is 16.5. The molecule has 0 fully saturated rings. The van der Waals surface area contributed by atoms with E-state index >= 15 is 0 Å². The molecule has 0 saturated carbocycles. The van der Waals surface area contributed by atoms with Crippen molar-refractivity contribution in [2.75, 3.05) is 5.32 Å². The van der Waals surface area contributed by atoms with Crippen molar-refractivity contribution in [2.45, 2.75) is 12.5 Å². The molecule has 2 aromatic heterocycles. The van der Waals surface area contributed by atoms with E-state index in [0.717, 1.165) is 16.8 Å². The topological polar surface area (TPSA) is 74.9 Å². The number of fused-ring (bicyclic) bond motifs is 1. The number of imidazole rings is 1. The van der Waals surface area contributed by atoms with Crippen molar-refractivity contribution in [1.82, 2.24) is 19.4 Å². The number of carbonyl (C=O) groups excluding carboxylic acids is 1. The number of nitrogens with zero attached hydrogens (tertiary/aromatic N) is 5. The molecule has 7 heteroatoms. The number of rotatable bonds is 2. The Bertz CT molecular complexity index is 1330. The maximum absolute atomic E-state index is 12.8. The highest BCUT2D eigenvalue weighted by atomic mass is 16.2. The van der Waals surface area contributed by atoms with Gasteiger partial charge in [-0.05, 0) is 35.7 Å². The quantitative estimate of drug-likeness (QED) is 0.510. The summed E-state index contributed by atoms with van der Waals surface area (Å²) in [5, 5.41) is 8.67. The van der Waals surface area contributed by atoms with Crippen molar-refractivity contribution < 1.29 is 4.79 Å². The van der Waals surface area contributed by atoms with Gasteiger partial charge in [0.15, 0.2) is 0 Å². The molecule has 2 aromatic carbocycles. The fourth-order valence-electron chi connectivity index (χ4n) is 3.47. The van der Waals surface area contributed by atoms with Gasteiger partial charge in [0, 0.05) is 36.3 Å². The van der Waals surface area contributed by atoms with E-state index in [0.29, 0.717) is 17.9 Å². The highest BCUT2D eigenvalue weighted by Crippen LogP contribution is 2.28. The molecule has 5 rings (SSSR count). The van der Waals surface area contributed by atoms with Crippen molar-refractivity contribution in [3.8, 4) is 11.8 Å². The highest BCUT2D eigenvalue weighted by molar-refractivity contribution is 5.91. The lowest BCUT2D eigenvalue weighted by atomic mass is 10.1. The average molecular weight is 406 g/mol. The summed E-state index contributed by atoms with van der Waals surface area (Å²) < 4.78 is 1.83. The first-order chi connectivity index (χ1) is 15.3. The second-order valence-electron chi connectivity index (χ2n) is 7.00. The van der Waals surface area contributed by atoms with Crippen LogP contribution in [0.2, 0.25) is 0 Å². The number of hydrogen-bond donors (Lipinski definition) is 1. The molecule has 2 amide bonds. The van der Waals surface area contributed by atoms with Gasteiger partial charge in [0.2, 0.25) is 5.78 Å². The van der Waals surface area contributed by atoms with Gasteiger partial charge in [-0.3, -0.25) is 4.40 Å². The molecule has 7 nitrogen and oxygen atoms in total. The van der Waals surface area contributed by atoms with Crippen LogP contribution >= 0.6 is 0 Å². The lowest BCUT2D eigenvalue weighted by Crippen LogP contribution is -2.31. The number of anilines is 1. The molecule has 31 heavy (non-hydrogen) atoms. The molecule has 0 bridgehead atoms. The predicted molar refractivity (Wildman–Crippen MR) is 119 cm³/mol. The standard InChI is InChI=1S/C24H18N6O/c31-24(30-22(12-14-27-30)19-7-2-1-3-8-19)28-20-9-4-6-18(16-20)10-11-21-17-26-23-25-13-5-15-29(21)23/h1-9,13-17,22H,12H2,(H,28,31). The monoisotopic (exact) mass is 406 g/mol. The minimum Gasteiger partial charge on any atom is -0.306 e. The number of benzene rings is 2. The maximum atomic E-state index is 12.8. The first-order valence-electron chi connectivity index (χ1n) is 9.86. The summed E-state index contributed by atoms with van der Waals surface area (Å²) in [7, 11) is 0. The second kappa shape index (κ2) is 8.13. The van der Waals surface area contributed by atoms with Crippen LogP contribution in [0.3, 0.4) is 0 Å². The fraction of sp³-hybridized carbons (Fsp3) is 0.0833. The van der Waals surface area contributed by atoms with Crippen molar-refractivity contribution in [3.05, 3.63) is 96.1 Å². The van der Waals surface area contributed by atoms with Gasteiger partial charge in [0.05, 0.1) is 12.2 Å². The smallest absolute Gasteiger partial charge is 0.306 e. The van der Waals surface area contributed by atoms with Crippen LogP contribution in [0.1, 0.15) is 29.3 Å². The summed E-state index contributed by atoms with van der Waals surface area (Å²) in [5.41, 5.74) is 3.23. The Labute approximate surface area is 179 Å². The number of urea groups is 1. The van der Waals surface area contributed by atoms with Crippen molar-refractivity contribution in [2.24, 2.45) is 5.10 Å². The van der Waals surface area contributed by atoms with Gasteiger partial charge in [0.1, 0.15) is 5.69 Å². The molecule has 3 heterocycles. The number of amides is 2. The summed E-state index contributed by atoms with van der Waals surface area (Å²) in [5.74, 6) is 6.84. The van der Waals surface area contributed by atoms with E-state index < -0.39 is 0 Å². The Hall–Kier alpha value is -4.44. The van der Waals surface area contributed by atoms with Gasteiger partial charge in [-0.2, -0.15) is 5.10 Å². The van der Waals surface area contributed by atoms with Crippen LogP contribution < -0.4 is 5.32 Å². The summed E-state index contributed by atoms with van der Waals surface area (Å²) >= 11 is 0. The SMILES string of the molecule is O=C(Nc1cccc(C#Cc2cnc3ncccn23)c1)N1N=CCC1c1ccccc1. The largest absolute Gasteiger partial charge is 0.342 e. The van der Waals surface area contributed by atoms with Crippen LogP contribution in [0, 0.1) is 11.8 Å². The third-order valence-electron chi connectivity index (χ3n) is 4.96. The van der Waals surface area contributed by atoms with Crippen LogP contribution in [0.15, 0.2) is 84.4 Å². The summed E-state index contributed by atoms with van der Waals surface area (Å²) in [4.78, 5) is 21.3. The molecule has 0 aliphatic carbocycles. The molecule has 150 valence electrons. The van der Waals surface area contributed by atoms with Gasteiger partial charge in [-0.15, -0.1) is 0 Å². The van der Waals surface area contributed by atoms with Crippen LogP contribution in [-0.2, 0) is 0 Å². The van der Waals surface area contributed by atoms with Crippen molar-refractivity contribution in [3.63, 3.8) is 0 Å². The molecule has 1 aliphatic heterocycles. The Morgan fingerprint density at radius 2 is 1.94 bits per heavy atom. The Balaban J connectivity index is 1.33. The van der Waals surface area contributed by atoms with Crippen molar-refractivity contribution >= 4 is 23.7 Å². The van der Waals surface area contributed by atoms with Crippen LogP contribution in [-0.4, -0.2) is 31.6 Å². The average Bonchev–Trinajstić information content (AvgIpc) is 3.46. The minimum absolute atomic E-state index is 0.104. The molecular formula is C24H18N6O. The number of nitrogens with one attached hydrogen (secondary N) is 1. The molecule has 1 atom stereocenters. The predicted octanol–water partition coefficient (Wildman–Crippen LogP) is 4.09. The Morgan fingerprint density at radius 1 is 1.03 bits per heavy atom. The van der Waals surface area contributed by atoms with Crippen LogP contribution in [0.5, 0.6) is 0 Å². The Morgan fingerprint density at radius 3 is 2.84 bits per heavy atom. The van der Waals surface area contributed by atoms with E-state index in [-0.39, 0.29) is 12.1 Å². The number of hydrazone groups is 1. The van der Waals surface area contributed by atoms with Gasteiger partial charge < -0.3 is 5.32 Å². The number of carbonyl (C=O) groups is 1. The van der Waals surface area contributed by atoms with Crippen molar-refractivity contribution in [1.29, 1.82) is 0 Å². The molecule has 1 unspecified atom stereocenters. The Kier molecular flexibility index (Phi) is 4.87. The van der Waals surface area contributed by atoms with Gasteiger partial charge >= 0.3 is 6.03 Å². The number of hydrogen-bond acceptors (Lipinski definition) is 4. The first-order valence-corrected chi connectivity index (χ1v) is 9.86. The molecule has 0 spiro atoms. The van der Waals surface area contributed by atoms with E-state index in [2.05, 4.69) is 32.2 Å². The van der Waals surface area contributed by atoms with Crippen LogP contribution in [0.25, 0.3) is 5.78 Å². The van der Waals surface area contributed by atoms with E-state index in [1.54, 1.807) is 18.6 Å². The van der Waals surface area contributed by atoms with Gasteiger partial charge in [0.25, 0.3) is 0 Å². The summed E-state index contributed by atoms with van der Waals surface area (Å²) in [6.07, 6.45) is 7.71. The van der Waals surface area contributed by atoms with Gasteiger partial charge in [-0.1, -0.05) is 42.3 Å². The maximum Gasteiger partial charge on any atom is 0.342 e. The van der Waals surface area contributed by atoms with E-state index in [1.807, 2.05) is 71.3 Å². The van der Waals surface area contributed by atoms with Crippen LogP contribution in [0.4, 0.5) is 10.5 Å². The third kappa shape index (κ3) is 3.87. The first kappa shape index (κ1) is 18.6. The normalized spacial score (nSPS) is 15.0. The van der Waals surface area contributed by atoms with E-state index in [1.165, 1.54) is 5.01 Å². The second-order valence-corrected chi connectivity index (χ2v) is 7.00. The fourth-order valence-corrected chi connectivity index (χ4v) is 3.47. The summed E-state index contributed by atoms with van der Waals surface area (Å²) in [6, 6.07) is 18.8. The molecule has 1 N–H and O–H groups in total. The molecule has 0 radical (unpaired) electrons. The molecular weight excluding hydrogens is 388 g/mol. The highest BCUT2D eigenvalue weighted by Gasteiger charge is 2.28. The lowest BCUT2D eigenvalue weighted by molar-refractivity contribution is 0.200. The molecule has 1 aliphatic rings. The van der Waals surface area contributed by atoms with E-state index in [9.17, 15) is 4.79 Å². The molecule has 4 aromatic rings. The minimum atomic E-state index is -0.277. The lowest BCUT2D eigenvalue weighted by Gasteiger charge is -2.22. The zero-order valence-corrected chi connectivity index (χ0v) is 16.5. The molecule has 0 saturated heterocycles. The van der Waals surface area contributed by atoms with Gasteiger partial charge in [-0.25, -0.2) is 19.8 Å².